The molecular formula is C27H29NO9. The molecule has 4 rings (SSSR count). The van der Waals surface area contributed by atoms with E-state index in [1.54, 1.807) is 0 Å². The molecule has 2 atom stereocenters. The summed E-state index contributed by atoms with van der Waals surface area (Å²) in [4.78, 5) is 12.9. The number of nitrogens with two attached hydrogens (primary N) is 1. The molecule has 10 nitrogen and oxygen atoms in total. The van der Waals surface area contributed by atoms with Crippen molar-refractivity contribution in [2.24, 2.45) is 5.73 Å². The van der Waals surface area contributed by atoms with Crippen LogP contribution in [-0.4, -0.2) is 49.3 Å². The predicted molar refractivity (Wildman–Crippen MR) is 132 cm³/mol. The standard InChI is InChI=1S/C27H29NO9/c28-7-3-1-2-4-14-5-6-22-15(8-14)13-23(26(36-22)16-9-18(29)24(33)19(30)10-16)37-27(35)17-11-20(31)25(34)21(32)12-17/h5-6,8-12,23,26,29-34H,1-4,7,13,28H2. The fourth-order valence-corrected chi connectivity index (χ4v) is 4.35. The molecule has 8 N–H and O–H groups in total. The molecule has 10 heteroatoms. The van der Waals surface area contributed by atoms with Gasteiger partial charge in [-0.15, -0.1) is 0 Å². The first kappa shape index (κ1) is 25.8. The number of phenols is 6. The molecule has 0 saturated carbocycles. The maximum atomic E-state index is 12.9. The van der Waals surface area contributed by atoms with E-state index >= 15 is 0 Å². The van der Waals surface area contributed by atoms with Crippen LogP contribution in [0.3, 0.4) is 0 Å². The molecule has 0 spiro atoms. The van der Waals surface area contributed by atoms with Gasteiger partial charge in [-0.25, -0.2) is 4.79 Å². The van der Waals surface area contributed by atoms with E-state index < -0.39 is 52.7 Å². The summed E-state index contributed by atoms with van der Waals surface area (Å²) in [6.07, 6.45) is 2.07. The summed E-state index contributed by atoms with van der Waals surface area (Å²) in [5, 5.41) is 59.0. The van der Waals surface area contributed by atoms with E-state index in [2.05, 4.69) is 0 Å². The number of aromatic hydroxyl groups is 6. The van der Waals surface area contributed by atoms with Crippen LogP contribution in [0.15, 0.2) is 42.5 Å². The van der Waals surface area contributed by atoms with Gasteiger partial charge in [0.15, 0.2) is 40.6 Å². The number of fused-ring (bicyclic) bond motifs is 1. The highest BCUT2D eigenvalue weighted by Gasteiger charge is 2.36. The minimum absolute atomic E-state index is 0.206. The van der Waals surface area contributed by atoms with Gasteiger partial charge in [-0.05, 0) is 67.3 Å². The maximum Gasteiger partial charge on any atom is 0.338 e. The lowest BCUT2D eigenvalue weighted by molar-refractivity contribution is -0.0184. The third-order valence-corrected chi connectivity index (χ3v) is 6.29. The normalized spacial score (nSPS) is 16.6. The van der Waals surface area contributed by atoms with E-state index in [1.165, 1.54) is 12.1 Å². The number of benzene rings is 3. The summed E-state index contributed by atoms with van der Waals surface area (Å²) in [6.45, 7) is 0.644. The van der Waals surface area contributed by atoms with Gasteiger partial charge in [0.2, 0.25) is 0 Å². The Hall–Kier alpha value is -4.31. The van der Waals surface area contributed by atoms with Crippen LogP contribution >= 0.6 is 0 Å². The highest BCUT2D eigenvalue weighted by molar-refractivity contribution is 5.91. The monoisotopic (exact) mass is 511 g/mol. The largest absolute Gasteiger partial charge is 0.504 e. The number of carbonyl (C=O) groups is 1. The van der Waals surface area contributed by atoms with E-state index in [0.29, 0.717) is 12.3 Å². The van der Waals surface area contributed by atoms with Crippen molar-refractivity contribution < 1.29 is 44.9 Å². The Labute approximate surface area is 212 Å². The molecule has 1 heterocycles. The molecule has 3 aromatic carbocycles. The molecule has 0 bridgehead atoms. The average Bonchev–Trinajstić information content (AvgIpc) is 2.87. The van der Waals surface area contributed by atoms with Gasteiger partial charge in [0.1, 0.15) is 11.9 Å². The molecule has 0 fully saturated rings. The molecule has 3 aromatic rings. The highest BCUT2D eigenvalue weighted by atomic mass is 16.6. The minimum Gasteiger partial charge on any atom is -0.504 e. The molecule has 0 amide bonds. The maximum absolute atomic E-state index is 12.9. The third kappa shape index (κ3) is 5.59. The molecule has 2 unspecified atom stereocenters. The average molecular weight is 512 g/mol. The number of unbranched alkanes of at least 4 members (excludes halogenated alkanes) is 2. The summed E-state index contributed by atoms with van der Waals surface area (Å²) >= 11 is 0. The number of rotatable bonds is 8. The van der Waals surface area contributed by atoms with Crippen LogP contribution in [-0.2, 0) is 17.6 Å². The van der Waals surface area contributed by atoms with Crippen LogP contribution in [0.5, 0.6) is 40.2 Å². The van der Waals surface area contributed by atoms with Crippen LogP contribution in [0.4, 0.5) is 0 Å². The third-order valence-electron chi connectivity index (χ3n) is 6.29. The lowest BCUT2D eigenvalue weighted by Gasteiger charge is -2.34. The van der Waals surface area contributed by atoms with E-state index in [4.69, 9.17) is 15.2 Å². The Morgan fingerprint density at radius 1 is 0.865 bits per heavy atom. The summed E-state index contributed by atoms with van der Waals surface area (Å²) < 4.78 is 11.9. The molecule has 0 saturated heterocycles. The van der Waals surface area contributed by atoms with Gasteiger partial charge < -0.3 is 45.8 Å². The molecule has 37 heavy (non-hydrogen) atoms. The number of hydrogen-bond donors (Lipinski definition) is 7. The van der Waals surface area contributed by atoms with Crippen molar-refractivity contribution in [3.8, 4) is 40.2 Å². The molecule has 0 radical (unpaired) electrons. The fourth-order valence-electron chi connectivity index (χ4n) is 4.35. The Bertz CT molecular complexity index is 1260. The van der Waals surface area contributed by atoms with Crippen molar-refractivity contribution in [2.75, 3.05) is 6.54 Å². The lowest BCUT2D eigenvalue weighted by Crippen LogP contribution is -2.34. The summed E-state index contributed by atoms with van der Waals surface area (Å²) in [7, 11) is 0. The fraction of sp³-hybridized carbons (Fsp3) is 0.296. The van der Waals surface area contributed by atoms with Gasteiger partial charge in [-0.1, -0.05) is 18.6 Å². The first-order valence-corrected chi connectivity index (χ1v) is 11.9. The molecule has 1 aliphatic rings. The van der Waals surface area contributed by atoms with Crippen LogP contribution in [0.2, 0.25) is 0 Å². The first-order valence-electron chi connectivity index (χ1n) is 11.9. The van der Waals surface area contributed by atoms with Crippen molar-refractivity contribution >= 4 is 5.97 Å². The number of ether oxygens (including phenoxy) is 2. The Morgan fingerprint density at radius 3 is 2.11 bits per heavy atom. The smallest absolute Gasteiger partial charge is 0.338 e. The number of hydrogen-bond acceptors (Lipinski definition) is 10. The van der Waals surface area contributed by atoms with E-state index in [-0.39, 0.29) is 17.5 Å². The molecule has 0 aliphatic carbocycles. The second-order valence-electron chi connectivity index (χ2n) is 9.00. The van der Waals surface area contributed by atoms with Crippen LogP contribution in [0, 0.1) is 0 Å². The Kier molecular flexibility index (Phi) is 7.49. The topological polar surface area (TPSA) is 183 Å². The van der Waals surface area contributed by atoms with Crippen molar-refractivity contribution in [1.29, 1.82) is 0 Å². The minimum atomic E-state index is -0.969. The van der Waals surface area contributed by atoms with Crippen molar-refractivity contribution in [3.63, 3.8) is 0 Å². The van der Waals surface area contributed by atoms with E-state index in [0.717, 1.165) is 48.9 Å². The lowest BCUT2D eigenvalue weighted by atomic mass is 9.92. The van der Waals surface area contributed by atoms with Gasteiger partial charge in [0.05, 0.1) is 5.56 Å². The van der Waals surface area contributed by atoms with E-state index in [1.807, 2.05) is 18.2 Å². The number of aryl methyl sites for hydroxylation is 1. The number of phenolic OH excluding ortho intramolecular Hbond substituents is 6. The quantitative estimate of drug-likeness (QED) is 0.134. The van der Waals surface area contributed by atoms with Crippen LogP contribution < -0.4 is 10.5 Å². The van der Waals surface area contributed by atoms with Gasteiger partial charge in [0, 0.05) is 12.0 Å². The summed E-state index contributed by atoms with van der Waals surface area (Å²) in [5.41, 5.74) is 7.47. The molecule has 196 valence electrons. The second-order valence-corrected chi connectivity index (χ2v) is 9.00. The van der Waals surface area contributed by atoms with Crippen LogP contribution in [0.1, 0.15) is 52.4 Å². The predicted octanol–water partition coefficient (Wildman–Crippen LogP) is 3.49. The molecular weight excluding hydrogens is 482 g/mol. The van der Waals surface area contributed by atoms with Crippen molar-refractivity contribution in [2.45, 2.75) is 44.3 Å². The van der Waals surface area contributed by atoms with Crippen molar-refractivity contribution in [1.82, 2.24) is 0 Å². The number of esters is 1. The second kappa shape index (κ2) is 10.8. The summed E-state index contributed by atoms with van der Waals surface area (Å²) in [6, 6.07) is 10.1. The molecule has 0 aromatic heterocycles. The number of carbonyl (C=O) groups excluding carboxylic acids is 1. The van der Waals surface area contributed by atoms with Crippen molar-refractivity contribution in [3.05, 3.63) is 64.7 Å². The zero-order chi connectivity index (χ0) is 26.7. The highest BCUT2D eigenvalue weighted by Crippen LogP contribution is 2.43. The zero-order valence-corrected chi connectivity index (χ0v) is 19.9. The van der Waals surface area contributed by atoms with Gasteiger partial charge in [-0.3, -0.25) is 0 Å². The SMILES string of the molecule is NCCCCCc1ccc2c(c1)CC(OC(=O)c1cc(O)c(O)c(O)c1)C(c1cc(O)c(O)c(O)c1)O2. The zero-order valence-electron chi connectivity index (χ0n) is 19.9. The van der Waals surface area contributed by atoms with E-state index in [9.17, 15) is 35.4 Å². The Morgan fingerprint density at radius 2 is 1.49 bits per heavy atom. The Balaban J connectivity index is 1.65. The first-order chi connectivity index (χ1) is 17.7. The summed E-state index contributed by atoms with van der Waals surface area (Å²) in [5.74, 6) is -4.36. The van der Waals surface area contributed by atoms with Gasteiger partial charge in [-0.2, -0.15) is 0 Å². The molecule has 1 aliphatic heterocycles. The van der Waals surface area contributed by atoms with Gasteiger partial charge in [0.25, 0.3) is 0 Å². The van der Waals surface area contributed by atoms with Gasteiger partial charge >= 0.3 is 5.97 Å². The van der Waals surface area contributed by atoms with Crippen LogP contribution in [0.25, 0.3) is 0 Å².